The highest BCUT2D eigenvalue weighted by molar-refractivity contribution is 5.76. The molecular formula is C54H93N3O8. The summed E-state index contributed by atoms with van der Waals surface area (Å²) < 4.78 is 0. The minimum atomic E-state index is -0.411. The molecule has 0 aromatic rings. The Morgan fingerprint density at radius 2 is 0.923 bits per heavy atom. The van der Waals surface area contributed by atoms with Gasteiger partial charge in [-0.3, -0.25) is 9.59 Å². The molecular weight excluding hydrogens is 819 g/mol. The molecule has 8 aliphatic carbocycles. The molecule has 0 aromatic heterocycles. The molecule has 2 amide bonds. The fourth-order valence-corrected chi connectivity index (χ4v) is 18.6. The van der Waals surface area contributed by atoms with Crippen LogP contribution in [0, 0.1) is 92.7 Å². The van der Waals surface area contributed by atoms with Crippen LogP contribution >= 0.6 is 0 Å². The Morgan fingerprint density at radius 1 is 0.523 bits per heavy atom. The van der Waals surface area contributed by atoms with Gasteiger partial charge in [0.1, 0.15) is 0 Å². The lowest BCUT2D eigenvalue weighted by molar-refractivity contribution is -0.207. The third kappa shape index (κ3) is 9.16. The van der Waals surface area contributed by atoms with E-state index in [0.717, 1.165) is 129 Å². The van der Waals surface area contributed by atoms with Gasteiger partial charge >= 0.3 is 0 Å². The summed E-state index contributed by atoms with van der Waals surface area (Å²) >= 11 is 0. The number of fused-ring (bicyclic) bond motifs is 10. The number of aliphatic hydroxyl groups excluding tert-OH is 6. The van der Waals surface area contributed by atoms with Crippen molar-refractivity contribution in [3.8, 4) is 0 Å². The zero-order valence-electron chi connectivity index (χ0n) is 41.4. The maximum atomic E-state index is 12.9. The smallest absolute Gasteiger partial charge is 0.220 e. The second-order valence-corrected chi connectivity index (χ2v) is 25.2. The van der Waals surface area contributed by atoms with Gasteiger partial charge in [-0.1, -0.05) is 41.5 Å². The lowest BCUT2D eigenvalue weighted by Gasteiger charge is -2.63. The average molecular weight is 912 g/mol. The van der Waals surface area contributed by atoms with Crippen LogP contribution in [0.15, 0.2) is 0 Å². The molecule has 9 N–H and O–H groups in total. The molecule has 0 aromatic carbocycles. The average Bonchev–Trinajstić information content (AvgIpc) is 3.81. The van der Waals surface area contributed by atoms with Gasteiger partial charge in [0.2, 0.25) is 11.8 Å². The monoisotopic (exact) mass is 912 g/mol. The Hall–Kier alpha value is -1.34. The quantitative estimate of drug-likeness (QED) is 0.0796. The van der Waals surface area contributed by atoms with Crippen LogP contribution in [-0.4, -0.2) is 105 Å². The Kier molecular flexibility index (Phi) is 15.3. The maximum Gasteiger partial charge on any atom is 0.220 e. The Bertz CT molecular complexity index is 1540. The van der Waals surface area contributed by atoms with E-state index >= 15 is 0 Å². The van der Waals surface area contributed by atoms with Gasteiger partial charge in [0, 0.05) is 25.9 Å². The summed E-state index contributed by atoms with van der Waals surface area (Å²) in [6.45, 7) is 16.7. The van der Waals surface area contributed by atoms with Crippen molar-refractivity contribution in [2.45, 2.75) is 207 Å². The molecule has 8 rings (SSSR count). The first-order valence-corrected chi connectivity index (χ1v) is 27.2. The van der Waals surface area contributed by atoms with Crippen molar-refractivity contribution in [3.63, 3.8) is 0 Å². The number of carbonyl (C=O) groups is 2. The Morgan fingerprint density at radius 3 is 1.32 bits per heavy atom. The first-order chi connectivity index (χ1) is 30.8. The summed E-state index contributed by atoms with van der Waals surface area (Å²) in [4.78, 5) is 25.9. The summed E-state index contributed by atoms with van der Waals surface area (Å²) in [5.41, 5.74) is -0.362. The molecule has 0 spiro atoms. The number of hydrogen-bond acceptors (Lipinski definition) is 9. The number of rotatable bonds is 16. The summed E-state index contributed by atoms with van der Waals surface area (Å²) in [6.07, 6.45) is 14.4. The third-order valence-corrected chi connectivity index (χ3v) is 22.4. The van der Waals surface area contributed by atoms with Gasteiger partial charge in [0.05, 0.1) is 36.6 Å². The van der Waals surface area contributed by atoms with Gasteiger partial charge in [0.15, 0.2) is 0 Å². The van der Waals surface area contributed by atoms with Crippen molar-refractivity contribution in [1.82, 2.24) is 16.0 Å². The summed E-state index contributed by atoms with van der Waals surface area (Å²) in [6, 6.07) is 0. The van der Waals surface area contributed by atoms with Gasteiger partial charge < -0.3 is 46.6 Å². The molecule has 65 heavy (non-hydrogen) atoms. The van der Waals surface area contributed by atoms with Crippen LogP contribution in [0.4, 0.5) is 0 Å². The second-order valence-electron chi connectivity index (χ2n) is 25.2. The van der Waals surface area contributed by atoms with Crippen molar-refractivity contribution < 1.29 is 40.2 Å². The van der Waals surface area contributed by atoms with Crippen molar-refractivity contribution >= 4 is 11.8 Å². The fraction of sp³-hybridized carbons (Fsp3) is 0.963. The molecule has 0 heterocycles. The predicted octanol–water partition coefficient (Wildman–Crippen LogP) is 6.34. The largest absolute Gasteiger partial charge is 0.393 e. The number of nitrogens with one attached hydrogen (secondary N) is 3. The molecule has 0 saturated heterocycles. The molecule has 11 heteroatoms. The standard InChI is InChI=1S/C54H93N3O8/c1-31(37-11-13-39-49-41(29-45(62)53(37,39)5)51(3)19-17-35(58)25-33(51)27-43(49)60)9-15-47(64)56-23-7-21-55-22-8-24-57-48(65)16-10-32(2)38-12-14-40-50-42(30-46(63)54(38,40)6)52(4)20-18-36(59)26-34(52)28-44(50)61/h31-46,49-50,55,58-63H,7-30H2,1-6H3,(H,56,64)(H,57,65)/t31-,32-,33+,34+,35-,36-,37-,38-,39+,40+,41+,42+,43-,44-,45+,46+,49+,50+,51+,52+,53-,54-/m1/s1. The minimum Gasteiger partial charge on any atom is -0.393 e. The fourth-order valence-electron chi connectivity index (χ4n) is 18.6. The zero-order chi connectivity index (χ0) is 46.6. The van der Waals surface area contributed by atoms with Crippen molar-refractivity contribution in [2.24, 2.45) is 92.7 Å². The van der Waals surface area contributed by atoms with E-state index < -0.39 is 12.2 Å². The summed E-state index contributed by atoms with van der Waals surface area (Å²) in [7, 11) is 0. The highest BCUT2D eigenvalue weighted by atomic mass is 16.3. The van der Waals surface area contributed by atoms with Gasteiger partial charge in [0.25, 0.3) is 0 Å². The topological polar surface area (TPSA) is 192 Å². The van der Waals surface area contributed by atoms with Crippen LogP contribution in [0.5, 0.6) is 0 Å². The van der Waals surface area contributed by atoms with Gasteiger partial charge in [-0.25, -0.2) is 0 Å². The van der Waals surface area contributed by atoms with Gasteiger partial charge in [-0.05, 0) is 221 Å². The molecule has 0 unspecified atom stereocenters. The van der Waals surface area contributed by atoms with Gasteiger partial charge in [-0.2, -0.15) is 0 Å². The Labute approximate surface area is 392 Å². The molecule has 8 saturated carbocycles. The first-order valence-electron chi connectivity index (χ1n) is 27.2. The molecule has 0 bridgehead atoms. The molecule has 22 atom stereocenters. The molecule has 372 valence electrons. The van der Waals surface area contributed by atoms with E-state index in [1.807, 2.05) is 0 Å². The van der Waals surface area contributed by atoms with E-state index in [0.29, 0.717) is 73.3 Å². The van der Waals surface area contributed by atoms with Crippen LogP contribution in [0.25, 0.3) is 0 Å². The number of carbonyl (C=O) groups excluding carboxylic acids is 2. The lowest BCUT2D eigenvalue weighted by Crippen LogP contribution is -2.62. The lowest BCUT2D eigenvalue weighted by atomic mass is 9.43. The maximum absolute atomic E-state index is 12.9. The van der Waals surface area contributed by atoms with Crippen LogP contribution in [0.1, 0.15) is 170 Å². The van der Waals surface area contributed by atoms with Gasteiger partial charge in [-0.15, -0.1) is 0 Å². The van der Waals surface area contributed by atoms with E-state index in [1.54, 1.807) is 0 Å². The number of aliphatic hydroxyl groups is 6. The summed E-state index contributed by atoms with van der Waals surface area (Å²) in [5, 5.41) is 77.5. The second kappa shape index (κ2) is 19.8. The van der Waals surface area contributed by atoms with Crippen LogP contribution in [-0.2, 0) is 9.59 Å². The Balaban J connectivity index is 0.684. The minimum absolute atomic E-state index is 0.0703. The highest BCUT2D eigenvalue weighted by Crippen LogP contribution is 2.70. The third-order valence-electron chi connectivity index (χ3n) is 22.4. The van der Waals surface area contributed by atoms with Crippen LogP contribution in [0.3, 0.4) is 0 Å². The van der Waals surface area contributed by atoms with E-state index in [4.69, 9.17) is 0 Å². The van der Waals surface area contributed by atoms with Crippen LogP contribution < -0.4 is 16.0 Å². The van der Waals surface area contributed by atoms with E-state index in [-0.39, 0.29) is 81.6 Å². The first kappa shape index (κ1) is 50.1. The molecule has 0 aliphatic heterocycles. The SMILES string of the molecule is C[C@H](CCC(=O)NCCCNCCCNC(=O)CC[C@@H](C)[C@H]1CC[C@H]2[C@@H]3[C@H](O)C[C@@H]4C[C@H](O)CC[C@]4(C)[C@H]3C[C@H](O)[C@]12C)[C@H]1CC[C@H]2[C@@H]3[C@H](O)C[C@@H]4C[C@H](O)CC[C@]4(C)[C@H]3C[C@H](O)[C@]12C. The van der Waals surface area contributed by atoms with Crippen molar-refractivity contribution in [3.05, 3.63) is 0 Å². The van der Waals surface area contributed by atoms with E-state index in [2.05, 4.69) is 57.5 Å². The van der Waals surface area contributed by atoms with Crippen molar-refractivity contribution in [2.75, 3.05) is 26.2 Å². The van der Waals surface area contributed by atoms with E-state index in [1.165, 1.54) is 0 Å². The molecule has 0 radical (unpaired) electrons. The number of amides is 2. The summed E-state index contributed by atoms with van der Waals surface area (Å²) in [5.74, 6) is 3.65. The molecule has 8 fully saturated rings. The van der Waals surface area contributed by atoms with Crippen LogP contribution in [0.2, 0.25) is 0 Å². The van der Waals surface area contributed by atoms with Crippen molar-refractivity contribution in [1.29, 1.82) is 0 Å². The molecule has 8 aliphatic rings. The number of hydrogen-bond donors (Lipinski definition) is 9. The highest BCUT2D eigenvalue weighted by Gasteiger charge is 2.67. The zero-order valence-corrected chi connectivity index (χ0v) is 41.4. The molecule has 11 nitrogen and oxygen atoms in total. The predicted molar refractivity (Wildman–Crippen MR) is 253 cm³/mol. The normalized spacial score (nSPS) is 48.7. The van der Waals surface area contributed by atoms with E-state index in [9.17, 15) is 40.2 Å².